The Morgan fingerprint density at radius 1 is 1.15 bits per heavy atom. The first-order chi connectivity index (χ1) is 9.81. The monoisotopic (exact) mass is 279 g/mol. The van der Waals surface area contributed by atoms with Gasteiger partial charge in [-0.15, -0.1) is 0 Å². The van der Waals surface area contributed by atoms with Gasteiger partial charge in [-0.3, -0.25) is 4.79 Å². The van der Waals surface area contributed by atoms with Crippen LogP contribution in [0.1, 0.15) is 50.5 Å². The van der Waals surface area contributed by atoms with Gasteiger partial charge in [-0.05, 0) is 24.1 Å². The van der Waals surface area contributed by atoms with Crippen molar-refractivity contribution in [3.05, 3.63) is 35.4 Å². The number of carbonyl (C=O) groups is 1. The molecule has 3 heteroatoms. The molecule has 1 amide bonds. The van der Waals surface area contributed by atoms with Crippen LogP contribution in [0.15, 0.2) is 24.3 Å². The fraction of sp³-hybridized carbons (Fsp3) is 0.588. The predicted molar refractivity (Wildman–Crippen MR) is 85.2 cm³/mol. The zero-order valence-corrected chi connectivity index (χ0v) is 13.6. The first-order valence-corrected chi connectivity index (χ1v) is 7.77. The summed E-state index contributed by atoms with van der Waals surface area (Å²) in [6.45, 7) is 12.8. The molecule has 0 spiro atoms. The molecule has 0 aliphatic carbocycles. The average molecular weight is 279 g/mol. The van der Waals surface area contributed by atoms with Gasteiger partial charge in [0.25, 0.3) is 5.91 Å². The molecule has 2 rings (SSSR count). The van der Waals surface area contributed by atoms with Gasteiger partial charge in [-0.1, -0.05) is 46.8 Å². The summed E-state index contributed by atoms with van der Waals surface area (Å²) in [6, 6.07) is 7.87. The molecule has 114 valence electrons. The Hall–Kier alpha value is -1.35. The maximum absolute atomic E-state index is 12.1. The van der Waals surface area contributed by atoms with Crippen LogP contribution in [0.5, 0.6) is 0 Å². The van der Waals surface area contributed by atoms with Crippen LogP contribution in [-0.4, -0.2) is 37.1 Å². The lowest BCUT2D eigenvalue weighted by molar-refractivity contribution is 0.0303. The molecule has 1 aromatic rings. The van der Waals surface area contributed by atoms with Crippen LogP contribution in [-0.2, 0) is 11.2 Å². The summed E-state index contributed by atoms with van der Waals surface area (Å²) in [6.07, 6.45) is 0.963. The number of carbonyl (C=O) groups excluding carboxylic acids is 1. The number of rotatable bonds is 2. The largest absolute Gasteiger partial charge is 0.378 e. The molecular weight excluding hydrogens is 250 g/mol. The van der Waals surface area contributed by atoms with Gasteiger partial charge in [0.05, 0.1) is 13.2 Å². The standard InChI is InChI=1S/C13H17NO2.2C2H6/c1-2-11-4-3-5-12(10-11)13(15)14-6-8-16-9-7-14;2*1-2/h3-5,10H,2,6-9H2,1H3;2*1-2H3. The van der Waals surface area contributed by atoms with E-state index in [1.165, 1.54) is 5.56 Å². The quantitative estimate of drug-likeness (QED) is 0.824. The van der Waals surface area contributed by atoms with Crippen molar-refractivity contribution in [1.82, 2.24) is 4.90 Å². The fourth-order valence-corrected chi connectivity index (χ4v) is 1.87. The molecule has 1 heterocycles. The maximum atomic E-state index is 12.1. The normalized spacial score (nSPS) is 13.6. The number of hydrogen-bond donors (Lipinski definition) is 0. The van der Waals surface area contributed by atoms with Crippen LogP contribution in [0.4, 0.5) is 0 Å². The van der Waals surface area contributed by atoms with Crippen LogP contribution < -0.4 is 0 Å². The molecule has 1 fully saturated rings. The van der Waals surface area contributed by atoms with E-state index in [0.29, 0.717) is 26.3 Å². The van der Waals surface area contributed by atoms with E-state index in [-0.39, 0.29) is 5.91 Å². The molecule has 1 aliphatic heterocycles. The van der Waals surface area contributed by atoms with Crippen molar-refractivity contribution in [2.24, 2.45) is 0 Å². The highest BCUT2D eigenvalue weighted by atomic mass is 16.5. The van der Waals surface area contributed by atoms with Crippen molar-refractivity contribution in [2.45, 2.75) is 41.0 Å². The van der Waals surface area contributed by atoms with Gasteiger partial charge >= 0.3 is 0 Å². The topological polar surface area (TPSA) is 29.5 Å². The zero-order chi connectivity index (χ0) is 15.4. The smallest absolute Gasteiger partial charge is 0.254 e. The number of aryl methyl sites for hydroxylation is 1. The highest BCUT2D eigenvalue weighted by Gasteiger charge is 2.18. The van der Waals surface area contributed by atoms with Gasteiger partial charge in [0.2, 0.25) is 0 Å². The SMILES string of the molecule is CC.CC.CCc1cccc(C(=O)N2CCOCC2)c1. The molecule has 0 bridgehead atoms. The van der Waals surface area contributed by atoms with Gasteiger partial charge in [0.1, 0.15) is 0 Å². The molecule has 0 N–H and O–H groups in total. The highest BCUT2D eigenvalue weighted by Crippen LogP contribution is 2.10. The number of morpholine rings is 1. The van der Waals surface area contributed by atoms with Crippen molar-refractivity contribution >= 4 is 5.91 Å². The van der Waals surface area contributed by atoms with Crippen molar-refractivity contribution in [1.29, 1.82) is 0 Å². The van der Waals surface area contributed by atoms with Gasteiger partial charge < -0.3 is 9.64 Å². The first-order valence-electron chi connectivity index (χ1n) is 7.77. The molecule has 0 aromatic heterocycles. The van der Waals surface area contributed by atoms with Gasteiger partial charge in [-0.2, -0.15) is 0 Å². The van der Waals surface area contributed by atoms with Crippen LogP contribution in [0.3, 0.4) is 0 Å². The Balaban J connectivity index is 0.000000829. The number of benzene rings is 1. The van der Waals surface area contributed by atoms with Gasteiger partial charge in [-0.25, -0.2) is 0 Å². The molecule has 1 aliphatic rings. The van der Waals surface area contributed by atoms with E-state index in [1.807, 2.05) is 50.8 Å². The van der Waals surface area contributed by atoms with Crippen LogP contribution in [0.25, 0.3) is 0 Å². The molecule has 20 heavy (non-hydrogen) atoms. The molecule has 1 saturated heterocycles. The molecule has 1 aromatic carbocycles. The summed E-state index contributed by atoms with van der Waals surface area (Å²) in [5, 5.41) is 0. The summed E-state index contributed by atoms with van der Waals surface area (Å²) < 4.78 is 5.24. The lowest BCUT2D eigenvalue weighted by Gasteiger charge is -2.27. The van der Waals surface area contributed by atoms with Crippen LogP contribution in [0, 0.1) is 0 Å². The van der Waals surface area contributed by atoms with E-state index >= 15 is 0 Å². The van der Waals surface area contributed by atoms with E-state index in [9.17, 15) is 4.79 Å². The summed E-state index contributed by atoms with van der Waals surface area (Å²) in [7, 11) is 0. The summed E-state index contributed by atoms with van der Waals surface area (Å²) >= 11 is 0. The van der Waals surface area contributed by atoms with Crippen LogP contribution in [0.2, 0.25) is 0 Å². The maximum Gasteiger partial charge on any atom is 0.254 e. The lowest BCUT2D eigenvalue weighted by Crippen LogP contribution is -2.40. The molecule has 0 atom stereocenters. The van der Waals surface area contributed by atoms with Gasteiger partial charge in [0.15, 0.2) is 0 Å². The molecule has 0 saturated carbocycles. The highest BCUT2D eigenvalue weighted by molar-refractivity contribution is 5.94. The molecule has 0 unspecified atom stereocenters. The third-order valence-electron chi connectivity index (χ3n) is 2.88. The zero-order valence-electron chi connectivity index (χ0n) is 13.6. The summed E-state index contributed by atoms with van der Waals surface area (Å²) in [4.78, 5) is 14.0. The third kappa shape index (κ3) is 5.74. The first kappa shape index (κ1) is 18.7. The lowest BCUT2D eigenvalue weighted by atomic mass is 10.1. The predicted octanol–water partition coefficient (Wildman–Crippen LogP) is 3.77. The van der Waals surface area contributed by atoms with Crippen LogP contribution >= 0.6 is 0 Å². The summed E-state index contributed by atoms with van der Waals surface area (Å²) in [5.74, 6) is 0.124. The van der Waals surface area contributed by atoms with Crippen molar-refractivity contribution in [3.63, 3.8) is 0 Å². The minimum Gasteiger partial charge on any atom is -0.378 e. The minimum absolute atomic E-state index is 0.124. The molecule has 3 nitrogen and oxygen atoms in total. The number of amides is 1. The number of ether oxygens (including phenoxy) is 1. The van der Waals surface area contributed by atoms with Gasteiger partial charge in [0, 0.05) is 18.7 Å². The Morgan fingerprint density at radius 3 is 2.30 bits per heavy atom. The van der Waals surface area contributed by atoms with E-state index in [1.54, 1.807) is 0 Å². The third-order valence-corrected chi connectivity index (χ3v) is 2.88. The molecular formula is C17H29NO2. The second-order valence-electron chi connectivity index (χ2n) is 3.96. The van der Waals surface area contributed by atoms with E-state index in [2.05, 4.69) is 13.0 Å². The number of hydrogen-bond acceptors (Lipinski definition) is 2. The Bertz CT molecular complexity index is 371. The molecule has 0 radical (unpaired) electrons. The Kier molecular flexibility index (Phi) is 10.7. The van der Waals surface area contributed by atoms with E-state index in [0.717, 1.165) is 12.0 Å². The van der Waals surface area contributed by atoms with Crippen molar-refractivity contribution in [2.75, 3.05) is 26.3 Å². The average Bonchev–Trinajstić information content (AvgIpc) is 2.58. The summed E-state index contributed by atoms with van der Waals surface area (Å²) in [5.41, 5.74) is 2.00. The van der Waals surface area contributed by atoms with E-state index < -0.39 is 0 Å². The number of nitrogens with zero attached hydrogens (tertiary/aromatic N) is 1. The second kappa shape index (κ2) is 11.5. The second-order valence-corrected chi connectivity index (χ2v) is 3.96. The minimum atomic E-state index is 0.124. The fourth-order valence-electron chi connectivity index (χ4n) is 1.87. The van der Waals surface area contributed by atoms with E-state index in [4.69, 9.17) is 4.74 Å². The van der Waals surface area contributed by atoms with Crippen molar-refractivity contribution in [3.8, 4) is 0 Å². The van der Waals surface area contributed by atoms with Crippen molar-refractivity contribution < 1.29 is 9.53 Å². The Labute approximate surface area is 123 Å². The Morgan fingerprint density at radius 2 is 1.75 bits per heavy atom.